The highest BCUT2D eigenvalue weighted by molar-refractivity contribution is 6.00. The lowest BCUT2D eigenvalue weighted by Gasteiger charge is -2.27. The van der Waals surface area contributed by atoms with Gasteiger partial charge in [-0.25, -0.2) is 0 Å². The first kappa shape index (κ1) is 12.0. The number of alkyl halides is 3. The van der Waals surface area contributed by atoms with Crippen LogP contribution in [0.1, 0.15) is 6.42 Å². The zero-order valence-electron chi connectivity index (χ0n) is 7.93. The van der Waals surface area contributed by atoms with Gasteiger partial charge in [0.1, 0.15) is 0 Å². The number of amides is 1. The molecule has 0 bridgehead atoms. The Morgan fingerprint density at radius 3 is 2.20 bits per heavy atom. The van der Waals surface area contributed by atoms with Gasteiger partial charge in [0.15, 0.2) is 0 Å². The molecule has 86 valence electrons. The maximum atomic E-state index is 11.8. The second kappa shape index (κ2) is 4.61. The van der Waals surface area contributed by atoms with E-state index in [4.69, 9.17) is 0 Å². The monoisotopic (exact) mass is 224 g/mol. The molecule has 1 heterocycles. The van der Waals surface area contributed by atoms with Gasteiger partial charge in [-0.3, -0.25) is 9.59 Å². The Morgan fingerprint density at radius 2 is 1.73 bits per heavy atom. The van der Waals surface area contributed by atoms with Gasteiger partial charge in [0.2, 0.25) is 11.7 Å². The summed E-state index contributed by atoms with van der Waals surface area (Å²) in [6.07, 6.45) is -5.99. The molecule has 0 atom stereocenters. The lowest BCUT2D eigenvalue weighted by molar-refractivity contribution is -0.173. The summed E-state index contributed by atoms with van der Waals surface area (Å²) in [5, 5.41) is 2.95. The highest BCUT2D eigenvalue weighted by Gasteiger charge is 2.39. The molecule has 15 heavy (non-hydrogen) atoms. The third-order valence-electron chi connectivity index (χ3n) is 2.10. The molecular weight excluding hydrogens is 213 g/mol. The molecule has 1 saturated heterocycles. The Kier molecular flexibility index (Phi) is 3.67. The van der Waals surface area contributed by atoms with E-state index in [0.717, 1.165) is 0 Å². The first-order valence-electron chi connectivity index (χ1n) is 4.50. The lowest BCUT2D eigenvalue weighted by Crippen LogP contribution is -2.47. The van der Waals surface area contributed by atoms with Gasteiger partial charge in [0.05, 0.1) is 6.42 Å². The minimum atomic E-state index is -4.91. The number of rotatable bonds is 2. The fourth-order valence-electron chi connectivity index (χ4n) is 1.26. The highest BCUT2D eigenvalue weighted by Crippen LogP contribution is 2.18. The van der Waals surface area contributed by atoms with Gasteiger partial charge in [0.25, 0.3) is 0 Å². The molecule has 1 rings (SSSR count). The Bertz CT molecular complexity index is 259. The molecule has 1 aliphatic heterocycles. The normalized spacial score (nSPS) is 17.7. The maximum Gasteiger partial charge on any atom is 0.450 e. The summed E-state index contributed by atoms with van der Waals surface area (Å²) in [5.41, 5.74) is 0. The van der Waals surface area contributed by atoms with E-state index in [9.17, 15) is 22.8 Å². The van der Waals surface area contributed by atoms with Crippen LogP contribution in [-0.4, -0.2) is 48.9 Å². The van der Waals surface area contributed by atoms with Crippen molar-refractivity contribution in [3.63, 3.8) is 0 Å². The van der Waals surface area contributed by atoms with Crippen molar-refractivity contribution in [2.24, 2.45) is 0 Å². The van der Waals surface area contributed by atoms with E-state index in [0.29, 0.717) is 26.2 Å². The van der Waals surface area contributed by atoms with E-state index in [1.807, 2.05) is 0 Å². The number of carbonyl (C=O) groups is 2. The number of halogens is 3. The molecule has 0 saturated carbocycles. The third-order valence-corrected chi connectivity index (χ3v) is 2.10. The fourth-order valence-corrected chi connectivity index (χ4v) is 1.26. The Labute approximate surface area is 84.4 Å². The molecule has 4 nitrogen and oxygen atoms in total. The summed E-state index contributed by atoms with van der Waals surface area (Å²) in [6.45, 7) is 1.80. The highest BCUT2D eigenvalue weighted by atomic mass is 19.4. The molecule has 0 aromatic heterocycles. The summed E-state index contributed by atoms with van der Waals surface area (Å²) in [5.74, 6) is -2.73. The number of piperazine rings is 1. The molecule has 1 amide bonds. The minimum absolute atomic E-state index is 0.351. The molecule has 0 aromatic rings. The second-order valence-corrected chi connectivity index (χ2v) is 3.23. The molecule has 1 N–H and O–H groups in total. The molecule has 0 unspecified atom stereocenters. The second-order valence-electron chi connectivity index (χ2n) is 3.23. The zero-order valence-corrected chi connectivity index (χ0v) is 7.93. The number of nitrogens with one attached hydrogen (secondary N) is 1. The molecule has 0 aromatic carbocycles. The van der Waals surface area contributed by atoms with Crippen molar-refractivity contribution < 1.29 is 22.8 Å². The van der Waals surface area contributed by atoms with Crippen molar-refractivity contribution in [3.8, 4) is 0 Å². The van der Waals surface area contributed by atoms with Crippen LogP contribution in [0, 0.1) is 0 Å². The summed E-state index contributed by atoms with van der Waals surface area (Å²) < 4.78 is 35.5. The van der Waals surface area contributed by atoms with E-state index < -0.39 is 24.3 Å². The Balaban J connectivity index is 2.44. The van der Waals surface area contributed by atoms with Crippen LogP contribution in [0.4, 0.5) is 13.2 Å². The summed E-state index contributed by atoms with van der Waals surface area (Å²) in [4.78, 5) is 23.0. The summed E-state index contributed by atoms with van der Waals surface area (Å²) in [7, 11) is 0. The number of nitrogens with zero attached hydrogens (tertiary/aromatic N) is 1. The van der Waals surface area contributed by atoms with Crippen LogP contribution in [0.5, 0.6) is 0 Å². The molecule has 0 radical (unpaired) electrons. The number of hydrogen-bond acceptors (Lipinski definition) is 3. The van der Waals surface area contributed by atoms with Crippen molar-refractivity contribution in [1.82, 2.24) is 10.2 Å². The van der Waals surface area contributed by atoms with Gasteiger partial charge >= 0.3 is 6.18 Å². The number of Topliss-reactive ketones (excluding diaryl/α,β-unsaturated/α-hetero) is 1. The summed E-state index contributed by atoms with van der Waals surface area (Å²) >= 11 is 0. The van der Waals surface area contributed by atoms with Crippen LogP contribution >= 0.6 is 0 Å². The number of carbonyl (C=O) groups excluding carboxylic acids is 2. The molecule has 7 heteroatoms. The van der Waals surface area contributed by atoms with Crippen LogP contribution in [0.2, 0.25) is 0 Å². The molecule has 0 aliphatic carbocycles. The van der Waals surface area contributed by atoms with Gasteiger partial charge in [-0.2, -0.15) is 13.2 Å². The van der Waals surface area contributed by atoms with Crippen LogP contribution < -0.4 is 5.32 Å². The minimum Gasteiger partial charge on any atom is -0.340 e. The first-order chi connectivity index (χ1) is 6.91. The fraction of sp³-hybridized carbons (Fsp3) is 0.750. The van der Waals surface area contributed by atoms with Crippen LogP contribution in [-0.2, 0) is 9.59 Å². The summed E-state index contributed by atoms with van der Waals surface area (Å²) in [6, 6.07) is 0. The van der Waals surface area contributed by atoms with Crippen LogP contribution in [0.25, 0.3) is 0 Å². The van der Waals surface area contributed by atoms with E-state index in [1.54, 1.807) is 0 Å². The Hall–Kier alpha value is -1.11. The van der Waals surface area contributed by atoms with Gasteiger partial charge in [-0.1, -0.05) is 0 Å². The topological polar surface area (TPSA) is 49.4 Å². The average molecular weight is 224 g/mol. The van der Waals surface area contributed by atoms with E-state index >= 15 is 0 Å². The zero-order chi connectivity index (χ0) is 11.5. The smallest absolute Gasteiger partial charge is 0.340 e. The predicted molar refractivity (Wildman–Crippen MR) is 45.1 cm³/mol. The standard InChI is InChI=1S/C8H11F3N2O2/c9-8(10,11)6(14)5-7(15)13-3-1-12-2-4-13/h12H,1-5H2. The largest absolute Gasteiger partial charge is 0.450 e. The molecular formula is C8H11F3N2O2. The quantitative estimate of drug-likeness (QED) is 0.668. The van der Waals surface area contributed by atoms with E-state index in [-0.39, 0.29) is 0 Å². The van der Waals surface area contributed by atoms with Crippen molar-refractivity contribution >= 4 is 11.7 Å². The molecule has 1 aliphatic rings. The van der Waals surface area contributed by atoms with Gasteiger partial charge in [-0.15, -0.1) is 0 Å². The van der Waals surface area contributed by atoms with Crippen LogP contribution in [0.3, 0.4) is 0 Å². The number of hydrogen-bond donors (Lipinski definition) is 1. The van der Waals surface area contributed by atoms with Crippen molar-refractivity contribution in [3.05, 3.63) is 0 Å². The average Bonchev–Trinajstić information content (AvgIpc) is 2.17. The van der Waals surface area contributed by atoms with Crippen molar-refractivity contribution in [2.45, 2.75) is 12.6 Å². The van der Waals surface area contributed by atoms with Gasteiger partial charge in [-0.05, 0) is 0 Å². The lowest BCUT2D eigenvalue weighted by atomic mass is 10.2. The van der Waals surface area contributed by atoms with Crippen molar-refractivity contribution in [1.29, 1.82) is 0 Å². The SMILES string of the molecule is O=C(CC(=O)C(F)(F)F)N1CCNCC1. The number of ketones is 1. The maximum absolute atomic E-state index is 11.8. The van der Waals surface area contributed by atoms with E-state index in [1.165, 1.54) is 4.90 Å². The molecule has 0 spiro atoms. The van der Waals surface area contributed by atoms with E-state index in [2.05, 4.69) is 5.32 Å². The molecule has 1 fully saturated rings. The Morgan fingerprint density at radius 1 is 1.20 bits per heavy atom. The first-order valence-corrected chi connectivity index (χ1v) is 4.50. The third kappa shape index (κ3) is 3.50. The van der Waals surface area contributed by atoms with Crippen LogP contribution in [0.15, 0.2) is 0 Å². The van der Waals surface area contributed by atoms with Gasteiger partial charge in [0, 0.05) is 26.2 Å². The predicted octanol–water partition coefficient (Wildman–Crippen LogP) is -0.0603. The van der Waals surface area contributed by atoms with Gasteiger partial charge < -0.3 is 10.2 Å². The van der Waals surface area contributed by atoms with Crippen molar-refractivity contribution in [2.75, 3.05) is 26.2 Å².